The van der Waals surface area contributed by atoms with Crippen LogP contribution in [0.1, 0.15) is 37.8 Å². The Morgan fingerprint density at radius 1 is 1.00 bits per heavy atom. The van der Waals surface area contributed by atoms with Crippen LogP contribution in [0.4, 0.5) is 13.2 Å². The lowest BCUT2D eigenvalue weighted by Gasteiger charge is -2.16. The van der Waals surface area contributed by atoms with Gasteiger partial charge in [0.1, 0.15) is 5.82 Å². The van der Waals surface area contributed by atoms with E-state index in [1.165, 1.54) is 6.92 Å². The number of hydrogen-bond donors (Lipinski definition) is 2. The first-order chi connectivity index (χ1) is 11.9. The molecule has 1 unspecified atom stereocenters. The van der Waals surface area contributed by atoms with Crippen molar-refractivity contribution < 1.29 is 13.2 Å². The highest BCUT2D eigenvalue weighted by Gasteiger charge is 2.16. The minimum atomic E-state index is -1.13. The first-order valence-electron chi connectivity index (χ1n) is 8.64. The Balaban J connectivity index is 2.03. The molecular formula is C20H25F3N2. The van der Waals surface area contributed by atoms with Gasteiger partial charge in [-0.2, -0.15) is 0 Å². The van der Waals surface area contributed by atoms with Gasteiger partial charge in [-0.25, -0.2) is 13.2 Å². The molecule has 0 aliphatic heterocycles. The largest absolute Gasteiger partial charge is 0.302 e. The molecule has 0 aromatic heterocycles. The second-order valence-electron chi connectivity index (χ2n) is 6.27. The number of benzene rings is 2. The third kappa shape index (κ3) is 5.06. The Hall–Kier alpha value is -1.85. The van der Waals surface area contributed by atoms with Gasteiger partial charge in [-0.05, 0) is 44.0 Å². The van der Waals surface area contributed by atoms with Gasteiger partial charge in [0, 0.05) is 17.7 Å². The molecular weight excluding hydrogens is 325 g/mol. The maximum absolute atomic E-state index is 14.1. The van der Waals surface area contributed by atoms with Gasteiger partial charge in [0.05, 0.1) is 6.17 Å². The first kappa shape index (κ1) is 19.5. The summed E-state index contributed by atoms with van der Waals surface area (Å²) in [4.78, 5) is 0. The zero-order valence-corrected chi connectivity index (χ0v) is 14.9. The molecule has 0 saturated carbocycles. The zero-order chi connectivity index (χ0) is 18.4. The van der Waals surface area contributed by atoms with E-state index >= 15 is 0 Å². The Morgan fingerprint density at radius 3 is 2.32 bits per heavy atom. The lowest BCUT2D eigenvalue weighted by atomic mass is 10.0. The van der Waals surface area contributed by atoms with E-state index in [2.05, 4.69) is 24.5 Å². The van der Waals surface area contributed by atoms with E-state index in [0.717, 1.165) is 31.0 Å². The van der Waals surface area contributed by atoms with Crippen LogP contribution in [0.25, 0.3) is 11.1 Å². The molecule has 0 aliphatic rings. The number of hydrogen-bond acceptors (Lipinski definition) is 2. The zero-order valence-electron chi connectivity index (χ0n) is 14.9. The van der Waals surface area contributed by atoms with Gasteiger partial charge >= 0.3 is 0 Å². The molecule has 0 saturated heterocycles. The van der Waals surface area contributed by atoms with Crippen LogP contribution in [0.15, 0.2) is 30.3 Å². The third-order valence-electron chi connectivity index (χ3n) is 4.25. The molecule has 136 valence electrons. The van der Waals surface area contributed by atoms with Crippen molar-refractivity contribution in [2.24, 2.45) is 0 Å². The fraction of sp³-hybridized carbons (Fsp3) is 0.400. The molecule has 0 bridgehead atoms. The molecule has 1 atom stereocenters. The van der Waals surface area contributed by atoms with E-state index in [9.17, 15) is 13.2 Å². The molecule has 2 nitrogen and oxygen atoms in total. The Morgan fingerprint density at radius 2 is 1.68 bits per heavy atom. The van der Waals surface area contributed by atoms with Crippen LogP contribution in [-0.4, -0.2) is 12.7 Å². The molecule has 0 spiro atoms. The van der Waals surface area contributed by atoms with Crippen molar-refractivity contribution in [1.82, 2.24) is 10.6 Å². The van der Waals surface area contributed by atoms with Crippen molar-refractivity contribution in [1.29, 1.82) is 0 Å². The van der Waals surface area contributed by atoms with E-state index < -0.39 is 17.5 Å². The summed E-state index contributed by atoms with van der Waals surface area (Å²) in [7, 11) is 0. The average molecular weight is 350 g/mol. The van der Waals surface area contributed by atoms with Crippen LogP contribution in [-0.2, 0) is 6.54 Å². The van der Waals surface area contributed by atoms with Crippen LogP contribution < -0.4 is 10.6 Å². The molecule has 25 heavy (non-hydrogen) atoms. The highest BCUT2D eigenvalue weighted by atomic mass is 19.2. The average Bonchev–Trinajstić information content (AvgIpc) is 2.62. The topological polar surface area (TPSA) is 24.1 Å². The molecule has 0 aliphatic carbocycles. The van der Waals surface area contributed by atoms with E-state index in [4.69, 9.17) is 0 Å². The highest BCUT2D eigenvalue weighted by molar-refractivity contribution is 5.65. The normalized spacial score (nSPS) is 12.4. The van der Waals surface area contributed by atoms with E-state index in [-0.39, 0.29) is 17.3 Å². The van der Waals surface area contributed by atoms with Gasteiger partial charge in [0.2, 0.25) is 0 Å². The van der Waals surface area contributed by atoms with E-state index in [1.807, 2.05) is 12.1 Å². The predicted octanol–water partition coefficient (Wildman–Crippen LogP) is 4.90. The van der Waals surface area contributed by atoms with Crippen molar-refractivity contribution in [2.45, 2.75) is 46.3 Å². The predicted molar refractivity (Wildman–Crippen MR) is 95.7 cm³/mol. The smallest absolute Gasteiger partial charge is 0.167 e. The summed E-state index contributed by atoms with van der Waals surface area (Å²) in [6, 6.07) is 8.06. The molecule has 2 aromatic rings. The van der Waals surface area contributed by atoms with Gasteiger partial charge in [0.15, 0.2) is 11.6 Å². The SMILES string of the molecule is CCCCNC(C)NCc1ccc(-c2cc(F)c(C)c(F)c2F)cc1. The minimum Gasteiger partial charge on any atom is -0.302 e. The van der Waals surface area contributed by atoms with Crippen LogP contribution >= 0.6 is 0 Å². The second kappa shape index (κ2) is 9.02. The van der Waals surface area contributed by atoms with E-state index in [0.29, 0.717) is 12.1 Å². The summed E-state index contributed by atoms with van der Waals surface area (Å²) in [5, 5.41) is 6.72. The highest BCUT2D eigenvalue weighted by Crippen LogP contribution is 2.28. The van der Waals surface area contributed by atoms with Crippen molar-refractivity contribution in [2.75, 3.05) is 6.54 Å². The fourth-order valence-electron chi connectivity index (χ4n) is 2.54. The Bertz CT molecular complexity index is 699. The van der Waals surface area contributed by atoms with Gasteiger partial charge in [-0.3, -0.25) is 5.32 Å². The quantitative estimate of drug-likeness (QED) is 0.402. The van der Waals surface area contributed by atoms with Crippen LogP contribution in [0, 0.1) is 24.4 Å². The molecule has 0 radical (unpaired) electrons. The van der Waals surface area contributed by atoms with Crippen molar-refractivity contribution in [3.05, 3.63) is 58.9 Å². The molecule has 5 heteroatoms. The number of halogens is 3. The molecule has 0 heterocycles. The molecule has 2 N–H and O–H groups in total. The van der Waals surface area contributed by atoms with Crippen molar-refractivity contribution in [3.8, 4) is 11.1 Å². The maximum Gasteiger partial charge on any atom is 0.167 e. The summed E-state index contributed by atoms with van der Waals surface area (Å²) in [5.74, 6) is -2.89. The van der Waals surface area contributed by atoms with Gasteiger partial charge in [0.25, 0.3) is 0 Å². The number of nitrogens with one attached hydrogen (secondary N) is 2. The first-order valence-corrected chi connectivity index (χ1v) is 8.64. The summed E-state index contributed by atoms with van der Waals surface area (Å²) in [5.41, 5.74) is 1.11. The number of rotatable bonds is 8. The monoisotopic (exact) mass is 350 g/mol. The van der Waals surface area contributed by atoms with Crippen LogP contribution in [0.3, 0.4) is 0 Å². The third-order valence-corrected chi connectivity index (χ3v) is 4.25. The van der Waals surface area contributed by atoms with Crippen molar-refractivity contribution >= 4 is 0 Å². The van der Waals surface area contributed by atoms with Crippen LogP contribution in [0.5, 0.6) is 0 Å². The van der Waals surface area contributed by atoms with Gasteiger partial charge < -0.3 is 5.32 Å². The summed E-state index contributed by atoms with van der Waals surface area (Å²) >= 11 is 0. The lowest BCUT2D eigenvalue weighted by molar-refractivity contribution is 0.447. The fourth-order valence-corrected chi connectivity index (χ4v) is 2.54. The van der Waals surface area contributed by atoms with Gasteiger partial charge in [-0.15, -0.1) is 0 Å². The Labute approximate surface area is 147 Å². The summed E-state index contributed by atoms with van der Waals surface area (Å²) in [6.07, 6.45) is 2.47. The standard InChI is InChI=1S/C20H25F3N2/c1-4-5-10-24-14(3)25-12-15-6-8-16(9-7-15)17-11-18(21)13(2)19(22)20(17)23/h6-9,11,14,24-25H,4-5,10,12H2,1-3H3. The number of unbranched alkanes of at least 4 members (excludes halogenated alkanes) is 1. The molecule has 2 aromatic carbocycles. The maximum atomic E-state index is 14.1. The Kier molecular flexibility index (Phi) is 7.02. The van der Waals surface area contributed by atoms with Crippen LogP contribution in [0.2, 0.25) is 0 Å². The summed E-state index contributed by atoms with van der Waals surface area (Å²) in [6.45, 7) is 7.04. The van der Waals surface area contributed by atoms with E-state index in [1.54, 1.807) is 12.1 Å². The molecule has 0 fully saturated rings. The van der Waals surface area contributed by atoms with Gasteiger partial charge in [-0.1, -0.05) is 37.6 Å². The second-order valence-corrected chi connectivity index (χ2v) is 6.27. The summed E-state index contributed by atoms with van der Waals surface area (Å²) < 4.78 is 41.5. The molecule has 2 rings (SSSR count). The lowest BCUT2D eigenvalue weighted by Crippen LogP contribution is -2.39. The molecule has 0 amide bonds. The van der Waals surface area contributed by atoms with Crippen molar-refractivity contribution in [3.63, 3.8) is 0 Å². The minimum absolute atomic E-state index is 0.0605.